The van der Waals surface area contributed by atoms with Gasteiger partial charge in [-0.05, 0) is 27.2 Å². The summed E-state index contributed by atoms with van der Waals surface area (Å²) in [6, 6.07) is 0. The minimum atomic E-state index is 0.353. The van der Waals surface area contributed by atoms with Gasteiger partial charge in [0, 0.05) is 0 Å². The number of tetrazole rings is 1. The van der Waals surface area contributed by atoms with Crippen molar-refractivity contribution in [3.63, 3.8) is 0 Å². The summed E-state index contributed by atoms with van der Waals surface area (Å²) in [5.41, 5.74) is 6.33. The number of anilines is 1. The Morgan fingerprint density at radius 1 is 1.29 bits per heavy atom. The van der Waals surface area contributed by atoms with E-state index in [9.17, 15) is 0 Å². The van der Waals surface area contributed by atoms with E-state index in [1.54, 1.807) is 4.68 Å². The first-order valence-corrected chi connectivity index (χ1v) is 4.89. The predicted octanol–water partition coefficient (Wildman–Crippen LogP) is 0.937. The lowest BCUT2D eigenvalue weighted by molar-refractivity contribution is 0.457. The van der Waals surface area contributed by atoms with Crippen molar-refractivity contribution < 1.29 is 0 Å². The van der Waals surface area contributed by atoms with E-state index < -0.39 is 0 Å². The van der Waals surface area contributed by atoms with Crippen molar-refractivity contribution in [1.29, 1.82) is 0 Å². The molecule has 1 saturated carbocycles. The highest BCUT2D eigenvalue weighted by Crippen LogP contribution is 2.68. The Morgan fingerprint density at radius 2 is 1.86 bits per heavy atom. The van der Waals surface area contributed by atoms with Crippen molar-refractivity contribution in [1.82, 2.24) is 20.2 Å². The molecule has 5 heteroatoms. The van der Waals surface area contributed by atoms with E-state index in [2.05, 4.69) is 43.2 Å². The van der Waals surface area contributed by atoms with Crippen LogP contribution >= 0.6 is 0 Å². The van der Waals surface area contributed by atoms with E-state index in [4.69, 9.17) is 5.73 Å². The van der Waals surface area contributed by atoms with Gasteiger partial charge in [-0.15, -0.1) is 0 Å². The lowest BCUT2D eigenvalue weighted by atomic mass is 10.0. The minimum absolute atomic E-state index is 0.353. The number of hydrogen-bond acceptors (Lipinski definition) is 4. The van der Waals surface area contributed by atoms with Gasteiger partial charge in [-0.3, -0.25) is 0 Å². The molecule has 1 heterocycles. The van der Waals surface area contributed by atoms with Crippen molar-refractivity contribution >= 4 is 5.95 Å². The number of rotatable bonds is 2. The summed E-state index contributed by atoms with van der Waals surface area (Å²) in [5.74, 6) is 1.00. The molecule has 0 spiro atoms. The Morgan fingerprint density at radius 3 is 2.21 bits per heavy atom. The molecule has 2 rings (SSSR count). The van der Waals surface area contributed by atoms with Gasteiger partial charge in [0.2, 0.25) is 5.95 Å². The quantitative estimate of drug-likeness (QED) is 0.762. The average molecular weight is 195 g/mol. The van der Waals surface area contributed by atoms with Crippen LogP contribution < -0.4 is 5.73 Å². The van der Waals surface area contributed by atoms with Crippen molar-refractivity contribution in [2.45, 2.75) is 34.2 Å². The van der Waals surface area contributed by atoms with Crippen LogP contribution in [0.15, 0.2) is 0 Å². The molecule has 0 aliphatic heterocycles. The van der Waals surface area contributed by atoms with Gasteiger partial charge in [0.25, 0.3) is 0 Å². The van der Waals surface area contributed by atoms with Crippen molar-refractivity contribution in [2.75, 3.05) is 5.73 Å². The van der Waals surface area contributed by atoms with Crippen LogP contribution in [-0.4, -0.2) is 20.2 Å². The average Bonchev–Trinajstić information content (AvgIpc) is 2.46. The van der Waals surface area contributed by atoms with Crippen LogP contribution in [0.1, 0.15) is 27.7 Å². The lowest BCUT2D eigenvalue weighted by Crippen LogP contribution is -2.09. The molecular formula is C9H17N5. The molecule has 1 fully saturated rings. The molecule has 2 N–H and O–H groups in total. The zero-order chi connectivity index (χ0) is 10.6. The molecule has 14 heavy (non-hydrogen) atoms. The zero-order valence-electron chi connectivity index (χ0n) is 9.15. The first kappa shape index (κ1) is 9.43. The molecule has 0 bridgehead atoms. The zero-order valence-corrected chi connectivity index (χ0v) is 9.15. The largest absolute Gasteiger partial charge is 0.367 e. The molecule has 0 atom stereocenters. The number of nitrogens with zero attached hydrogens (tertiary/aromatic N) is 4. The van der Waals surface area contributed by atoms with Crippen molar-refractivity contribution in [3.8, 4) is 0 Å². The summed E-state index contributed by atoms with van der Waals surface area (Å²) in [6.45, 7) is 9.92. The van der Waals surface area contributed by atoms with E-state index in [1.165, 1.54) is 0 Å². The number of aromatic nitrogens is 4. The second-order valence-electron chi connectivity index (χ2n) is 5.22. The maximum atomic E-state index is 5.62. The van der Waals surface area contributed by atoms with E-state index in [0.29, 0.717) is 22.7 Å². The summed E-state index contributed by atoms with van der Waals surface area (Å²) in [7, 11) is 0. The summed E-state index contributed by atoms with van der Waals surface area (Å²) in [5, 5.41) is 11.1. The molecule has 1 aromatic heterocycles. The van der Waals surface area contributed by atoms with Gasteiger partial charge in [-0.1, -0.05) is 32.8 Å². The minimum Gasteiger partial charge on any atom is -0.367 e. The normalized spacial score (nSPS) is 23.7. The van der Waals surface area contributed by atoms with Gasteiger partial charge < -0.3 is 5.73 Å². The third-order valence-electron chi connectivity index (χ3n) is 4.23. The molecule has 0 saturated heterocycles. The second kappa shape index (κ2) is 2.46. The second-order valence-corrected chi connectivity index (χ2v) is 5.22. The highest BCUT2D eigenvalue weighted by Gasteiger charge is 2.64. The van der Waals surface area contributed by atoms with Gasteiger partial charge in [-0.2, -0.15) is 0 Å². The predicted molar refractivity (Wildman–Crippen MR) is 53.3 cm³/mol. The maximum absolute atomic E-state index is 5.62. The first-order chi connectivity index (χ1) is 6.37. The summed E-state index contributed by atoms with van der Waals surface area (Å²) >= 11 is 0. The third-order valence-corrected chi connectivity index (χ3v) is 4.23. The smallest absolute Gasteiger partial charge is 0.240 e. The summed E-state index contributed by atoms with van der Waals surface area (Å²) in [4.78, 5) is 0. The number of nitrogen functional groups attached to an aromatic ring is 1. The fourth-order valence-electron chi connectivity index (χ4n) is 2.30. The van der Waals surface area contributed by atoms with Crippen LogP contribution in [0.3, 0.4) is 0 Å². The van der Waals surface area contributed by atoms with Gasteiger partial charge in [-0.25, -0.2) is 4.68 Å². The molecule has 1 aromatic rings. The Hall–Kier alpha value is -1.13. The highest BCUT2D eigenvalue weighted by atomic mass is 15.6. The Kier molecular flexibility index (Phi) is 1.66. The fourth-order valence-corrected chi connectivity index (χ4v) is 2.30. The SMILES string of the molecule is CC1(C)C(Cn2nnnc2N)C1(C)C. The Bertz CT molecular complexity index is 338. The topological polar surface area (TPSA) is 69.6 Å². The number of nitrogens with two attached hydrogens (primary N) is 1. The monoisotopic (exact) mass is 195 g/mol. The van der Waals surface area contributed by atoms with E-state index in [-0.39, 0.29) is 0 Å². The van der Waals surface area contributed by atoms with Crippen molar-refractivity contribution in [3.05, 3.63) is 0 Å². The van der Waals surface area contributed by atoms with Crippen LogP contribution in [0.25, 0.3) is 0 Å². The molecule has 1 aliphatic rings. The fraction of sp³-hybridized carbons (Fsp3) is 0.889. The first-order valence-electron chi connectivity index (χ1n) is 4.89. The molecule has 0 aromatic carbocycles. The third kappa shape index (κ3) is 1.04. The van der Waals surface area contributed by atoms with Crippen LogP contribution in [0.5, 0.6) is 0 Å². The lowest BCUT2D eigenvalue weighted by Gasteiger charge is -2.04. The van der Waals surface area contributed by atoms with Gasteiger partial charge in [0.05, 0.1) is 6.54 Å². The Balaban J connectivity index is 2.13. The van der Waals surface area contributed by atoms with Gasteiger partial charge in [0.15, 0.2) is 0 Å². The van der Waals surface area contributed by atoms with E-state index >= 15 is 0 Å². The van der Waals surface area contributed by atoms with E-state index in [0.717, 1.165) is 6.54 Å². The van der Waals surface area contributed by atoms with Gasteiger partial charge in [0.1, 0.15) is 0 Å². The molecule has 0 unspecified atom stereocenters. The van der Waals surface area contributed by atoms with Crippen LogP contribution in [0.2, 0.25) is 0 Å². The highest BCUT2D eigenvalue weighted by molar-refractivity contribution is 5.15. The van der Waals surface area contributed by atoms with Crippen LogP contribution in [0.4, 0.5) is 5.95 Å². The molecule has 5 nitrogen and oxygen atoms in total. The van der Waals surface area contributed by atoms with Crippen LogP contribution in [0, 0.1) is 16.7 Å². The van der Waals surface area contributed by atoms with E-state index in [1.807, 2.05) is 0 Å². The van der Waals surface area contributed by atoms with Gasteiger partial charge >= 0.3 is 0 Å². The van der Waals surface area contributed by atoms with Crippen LogP contribution in [-0.2, 0) is 6.54 Å². The standard InChI is InChI=1S/C9H17N5/c1-8(2)6(9(8,3)4)5-14-7(10)11-12-13-14/h6H,5H2,1-4H3,(H2,10,11,13). The molecule has 0 radical (unpaired) electrons. The molecule has 0 amide bonds. The summed E-state index contributed by atoms with van der Waals surface area (Å²) < 4.78 is 1.68. The summed E-state index contributed by atoms with van der Waals surface area (Å²) in [6.07, 6.45) is 0. The molecule has 78 valence electrons. The molecular weight excluding hydrogens is 178 g/mol. The Labute approximate surface area is 83.7 Å². The van der Waals surface area contributed by atoms with Crippen molar-refractivity contribution in [2.24, 2.45) is 16.7 Å². The number of hydrogen-bond donors (Lipinski definition) is 1. The molecule has 1 aliphatic carbocycles. The maximum Gasteiger partial charge on any atom is 0.240 e.